The molecule has 2 amide bonds. The molecule has 0 saturated heterocycles. The van der Waals surface area contributed by atoms with E-state index in [0.29, 0.717) is 16.5 Å². The van der Waals surface area contributed by atoms with Gasteiger partial charge in [-0.05, 0) is 56.2 Å². The van der Waals surface area contributed by atoms with Crippen LogP contribution < -0.4 is 10.6 Å². The number of aromatic nitrogens is 3. The molecule has 0 saturated carbocycles. The number of amides is 2. The lowest BCUT2D eigenvalue weighted by atomic mass is 10.1. The lowest BCUT2D eigenvalue weighted by Gasteiger charge is -2.13. The summed E-state index contributed by atoms with van der Waals surface area (Å²) in [5.74, 6) is 0.550. The molecule has 3 aromatic rings. The monoisotopic (exact) mass is 423 g/mol. The number of hydrogen-bond donors (Lipinski definition) is 2. The zero-order valence-corrected chi connectivity index (χ0v) is 18.3. The van der Waals surface area contributed by atoms with Crippen LogP contribution in [0.1, 0.15) is 40.3 Å². The van der Waals surface area contributed by atoms with E-state index in [1.165, 1.54) is 11.8 Å². The lowest BCUT2D eigenvalue weighted by molar-refractivity contribution is -0.113. The first-order valence-corrected chi connectivity index (χ1v) is 10.6. The molecular formula is C22H25N5O2S. The van der Waals surface area contributed by atoms with Crippen LogP contribution in [0.25, 0.3) is 0 Å². The van der Waals surface area contributed by atoms with Crippen molar-refractivity contribution in [3.8, 4) is 0 Å². The van der Waals surface area contributed by atoms with Crippen LogP contribution in [-0.2, 0) is 11.8 Å². The maximum absolute atomic E-state index is 12.4. The normalized spacial score (nSPS) is 11.7. The van der Waals surface area contributed by atoms with E-state index in [2.05, 4.69) is 26.9 Å². The van der Waals surface area contributed by atoms with E-state index in [-0.39, 0.29) is 23.6 Å². The molecule has 30 heavy (non-hydrogen) atoms. The largest absolute Gasteiger partial charge is 0.342 e. The van der Waals surface area contributed by atoms with Crippen molar-refractivity contribution in [3.05, 3.63) is 71.0 Å². The Morgan fingerprint density at radius 2 is 1.73 bits per heavy atom. The molecule has 0 fully saturated rings. The minimum atomic E-state index is -0.325. The Labute approximate surface area is 180 Å². The summed E-state index contributed by atoms with van der Waals surface area (Å²) in [6.45, 7) is 5.85. The maximum atomic E-state index is 12.4. The van der Waals surface area contributed by atoms with Gasteiger partial charge in [0.15, 0.2) is 11.0 Å². The van der Waals surface area contributed by atoms with Gasteiger partial charge in [0, 0.05) is 18.3 Å². The van der Waals surface area contributed by atoms with Gasteiger partial charge in [0.2, 0.25) is 5.91 Å². The molecule has 0 aliphatic carbocycles. The molecule has 1 heterocycles. The third-order valence-electron chi connectivity index (χ3n) is 4.48. The summed E-state index contributed by atoms with van der Waals surface area (Å²) in [5.41, 5.74) is 3.57. The SMILES string of the molecule is Cc1cc(C)cc(NC(=O)CSc2nnc([C@H](C)NC(=O)c3ccccc3)n2C)c1. The number of rotatable bonds is 7. The molecule has 0 aliphatic rings. The second-order valence-corrected chi connectivity index (χ2v) is 8.12. The highest BCUT2D eigenvalue weighted by Crippen LogP contribution is 2.20. The number of hydrogen-bond acceptors (Lipinski definition) is 5. The predicted octanol–water partition coefficient (Wildman–Crippen LogP) is 3.65. The highest BCUT2D eigenvalue weighted by atomic mass is 32.2. The fraction of sp³-hybridized carbons (Fsp3) is 0.273. The van der Waals surface area contributed by atoms with Gasteiger partial charge in [-0.2, -0.15) is 0 Å². The van der Waals surface area contributed by atoms with Crippen LogP contribution >= 0.6 is 11.8 Å². The van der Waals surface area contributed by atoms with E-state index in [9.17, 15) is 9.59 Å². The quantitative estimate of drug-likeness (QED) is 0.566. The first-order chi connectivity index (χ1) is 14.3. The number of thioether (sulfide) groups is 1. The van der Waals surface area contributed by atoms with Crippen molar-refractivity contribution < 1.29 is 9.59 Å². The summed E-state index contributed by atoms with van der Waals surface area (Å²) >= 11 is 1.30. The van der Waals surface area contributed by atoms with Gasteiger partial charge in [-0.1, -0.05) is 36.0 Å². The second-order valence-electron chi connectivity index (χ2n) is 7.17. The molecular weight excluding hydrogens is 398 g/mol. The Hall–Kier alpha value is -3.13. The average molecular weight is 424 g/mol. The highest BCUT2D eigenvalue weighted by molar-refractivity contribution is 7.99. The number of nitrogens with one attached hydrogen (secondary N) is 2. The smallest absolute Gasteiger partial charge is 0.251 e. The van der Waals surface area contributed by atoms with Crippen molar-refractivity contribution in [1.82, 2.24) is 20.1 Å². The van der Waals surface area contributed by atoms with Crippen molar-refractivity contribution in [2.45, 2.75) is 32.0 Å². The number of anilines is 1. The number of benzene rings is 2. The minimum absolute atomic E-state index is 0.111. The summed E-state index contributed by atoms with van der Waals surface area (Å²) in [4.78, 5) is 24.7. The molecule has 3 rings (SSSR count). The van der Waals surface area contributed by atoms with E-state index in [1.54, 1.807) is 16.7 Å². The molecule has 0 unspecified atom stereocenters. The zero-order valence-electron chi connectivity index (χ0n) is 17.5. The van der Waals surface area contributed by atoms with Crippen LogP contribution in [-0.4, -0.2) is 32.3 Å². The molecule has 8 heteroatoms. The Morgan fingerprint density at radius 3 is 2.40 bits per heavy atom. The third-order valence-corrected chi connectivity index (χ3v) is 5.50. The Bertz CT molecular complexity index is 1030. The highest BCUT2D eigenvalue weighted by Gasteiger charge is 2.19. The summed E-state index contributed by atoms with van der Waals surface area (Å²) in [6.07, 6.45) is 0. The summed E-state index contributed by atoms with van der Waals surface area (Å²) < 4.78 is 1.80. The third kappa shape index (κ3) is 5.48. The van der Waals surface area contributed by atoms with Gasteiger partial charge in [0.25, 0.3) is 5.91 Å². The molecule has 2 N–H and O–H groups in total. The molecule has 0 bridgehead atoms. The van der Waals surface area contributed by atoms with E-state index >= 15 is 0 Å². The summed E-state index contributed by atoms with van der Waals surface area (Å²) in [6, 6.07) is 14.6. The molecule has 7 nitrogen and oxygen atoms in total. The first-order valence-electron chi connectivity index (χ1n) is 9.59. The van der Waals surface area contributed by atoms with Crippen LogP contribution in [0.2, 0.25) is 0 Å². The van der Waals surface area contributed by atoms with Crippen LogP contribution in [0.15, 0.2) is 53.7 Å². The van der Waals surface area contributed by atoms with Crippen molar-refractivity contribution >= 4 is 29.3 Å². The van der Waals surface area contributed by atoms with Gasteiger partial charge < -0.3 is 15.2 Å². The Kier molecular flexibility index (Phi) is 6.89. The Morgan fingerprint density at radius 1 is 1.07 bits per heavy atom. The molecule has 2 aromatic carbocycles. The topological polar surface area (TPSA) is 88.9 Å². The van der Waals surface area contributed by atoms with E-state index < -0.39 is 0 Å². The second kappa shape index (κ2) is 9.58. The van der Waals surface area contributed by atoms with Crippen LogP contribution in [0, 0.1) is 13.8 Å². The van der Waals surface area contributed by atoms with Crippen LogP contribution in [0.5, 0.6) is 0 Å². The molecule has 156 valence electrons. The summed E-state index contributed by atoms with van der Waals surface area (Å²) in [5, 5.41) is 14.8. The number of carbonyl (C=O) groups is 2. The average Bonchev–Trinajstić information content (AvgIpc) is 3.06. The van der Waals surface area contributed by atoms with Gasteiger partial charge in [0.05, 0.1) is 11.8 Å². The van der Waals surface area contributed by atoms with Gasteiger partial charge in [-0.3, -0.25) is 9.59 Å². The molecule has 1 aromatic heterocycles. The van der Waals surface area contributed by atoms with E-state index in [1.807, 2.05) is 58.2 Å². The van der Waals surface area contributed by atoms with Crippen molar-refractivity contribution in [2.24, 2.45) is 7.05 Å². The number of nitrogens with zero attached hydrogens (tertiary/aromatic N) is 3. The Balaban J connectivity index is 1.58. The van der Waals surface area contributed by atoms with Crippen LogP contribution in [0.4, 0.5) is 5.69 Å². The molecule has 0 spiro atoms. The van der Waals surface area contributed by atoms with Crippen LogP contribution in [0.3, 0.4) is 0 Å². The van der Waals surface area contributed by atoms with Gasteiger partial charge in [0.1, 0.15) is 0 Å². The lowest BCUT2D eigenvalue weighted by Crippen LogP contribution is -2.28. The number of carbonyl (C=O) groups excluding carboxylic acids is 2. The van der Waals surface area contributed by atoms with Crippen molar-refractivity contribution in [2.75, 3.05) is 11.1 Å². The molecule has 0 radical (unpaired) electrons. The maximum Gasteiger partial charge on any atom is 0.251 e. The van der Waals surface area contributed by atoms with E-state index in [0.717, 1.165) is 16.8 Å². The predicted molar refractivity (Wildman–Crippen MR) is 119 cm³/mol. The molecule has 1 atom stereocenters. The van der Waals surface area contributed by atoms with Crippen molar-refractivity contribution in [3.63, 3.8) is 0 Å². The number of aryl methyl sites for hydroxylation is 2. The standard InChI is InChI=1S/C22H25N5O2S/c1-14-10-15(2)12-18(11-14)24-19(28)13-30-22-26-25-20(27(22)4)16(3)23-21(29)17-8-6-5-7-9-17/h5-12,16H,13H2,1-4H3,(H,23,29)(H,24,28)/t16-/m0/s1. The van der Waals surface area contributed by atoms with Gasteiger partial charge in [-0.25, -0.2) is 0 Å². The van der Waals surface area contributed by atoms with Gasteiger partial charge in [-0.15, -0.1) is 10.2 Å². The fourth-order valence-corrected chi connectivity index (χ4v) is 3.86. The fourth-order valence-electron chi connectivity index (χ4n) is 3.14. The molecule has 0 aliphatic heterocycles. The minimum Gasteiger partial charge on any atom is -0.342 e. The van der Waals surface area contributed by atoms with Crippen molar-refractivity contribution in [1.29, 1.82) is 0 Å². The first kappa shape index (κ1) is 21.6. The zero-order chi connectivity index (χ0) is 21.7. The van der Waals surface area contributed by atoms with E-state index in [4.69, 9.17) is 0 Å². The summed E-state index contributed by atoms with van der Waals surface area (Å²) in [7, 11) is 1.82. The van der Waals surface area contributed by atoms with Gasteiger partial charge >= 0.3 is 0 Å².